The van der Waals surface area contributed by atoms with Crippen molar-refractivity contribution in [1.82, 2.24) is 0 Å². The van der Waals surface area contributed by atoms with E-state index in [1.54, 1.807) is 0 Å². The van der Waals surface area contributed by atoms with Gasteiger partial charge in [-0.2, -0.15) is 0 Å². The molecule has 152 valence electrons. The number of aliphatic imine (C=N–C) groups is 1. The van der Waals surface area contributed by atoms with E-state index in [0.717, 1.165) is 18.7 Å². The summed E-state index contributed by atoms with van der Waals surface area (Å²) in [6.07, 6.45) is 11.4. The number of nitrogens with zero attached hydrogens (tertiary/aromatic N) is 2. The highest BCUT2D eigenvalue weighted by Crippen LogP contribution is 2.65. The molecule has 0 amide bonds. The van der Waals surface area contributed by atoms with E-state index in [-0.39, 0.29) is 11.1 Å². The Morgan fingerprint density at radius 2 is 1.31 bits per heavy atom. The van der Waals surface area contributed by atoms with Gasteiger partial charge in [-0.25, -0.2) is 0 Å². The fraction of sp³-hybridized carbons (Fsp3) is 0.370. The third-order valence-corrected chi connectivity index (χ3v) is 5.74. The Kier molecular flexibility index (Phi) is 6.12. The minimum Gasteiger partial charge on any atom is -0.313 e. The van der Waals surface area contributed by atoms with Crippen LogP contribution in [0, 0.1) is 0 Å². The molecule has 2 heterocycles. The molecule has 0 N–H and O–H groups in total. The van der Waals surface area contributed by atoms with Gasteiger partial charge < -0.3 is 4.90 Å². The average Bonchev–Trinajstić information content (AvgIpc) is 3.39. The Balaban J connectivity index is 0.000000370. The normalized spacial score (nSPS) is 25.4. The van der Waals surface area contributed by atoms with Gasteiger partial charge in [0.1, 0.15) is 11.4 Å². The Morgan fingerprint density at radius 1 is 0.724 bits per heavy atom. The Hall–Kier alpha value is -2.61. The highest BCUT2D eigenvalue weighted by atomic mass is 15.4. The van der Waals surface area contributed by atoms with Crippen molar-refractivity contribution in [2.24, 2.45) is 4.99 Å². The van der Waals surface area contributed by atoms with Crippen LogP contribution >= 0.6 is 0 Å². The van der Waals surface area contributed by atoms with Gasteiger partial charge in [0.25, 0.3) is 0 Å². The maximum atomic E-state index is 5.23. The van der Waals surface area contributed by atoms with Crippen LogP contribution in [0.2, 0.25) is 0 Å². The SMILES string of the molecule is C1=CC23CC2(C=CC1)N1C(=N3)c2ccccc2-c2ccccc21.CC.CC.CC. The first-order valence-electron chi connectivity index (χ1n) is 11.3. The molecule has 0 aromatic heterocycles. The molecule has 4 aliphatic rings. The molecule has 6 rings (SSSR count). The van der Waals surface area contributed by atoms with E-state index in [0.29, 0.717) is 0 Å². The molecule has 0 spiro atoms. The fourth-order valence-corrected chi connectivity index (χ4v) is 4.65. The lowest BCUT2D eigenvalue weighted by atomic mass is 9.91. The second-order valence-corrected chi connectivity index (χ2v) is 6.90. The molecule has 2 aromatic rings. The number of benzene rings is 2. The molecule has 2 nitrogen and oxygen atoms in total. The highest BCUT2D eigenvalue weighted by molar-refractivity contribution is 6.22. The molecule has 0 saturated heterocycles. The van der Waals surface area contributed by atoms with Crippen molar-refractivity contribution in [2.45, 2.75) is 65.5 Å². The van der Waals surface area contributed by atoms with Gasteiger partial charge in [-0.05, 0) is 18.1 Å². The average molecular weight is 387 g/mol. The number of anilines is 1. The van der Waals surface area contributed by atoms with Crippen LogP contribution in [0.5, 0.6) is 0 Å². The first-order chi connectivity index (χ1) is 14.3. The van der Waals surface area contributed by atoms with Gasteiger partial charge in [-0.1, -0.05) is 108 Å². The molecule has 2 aromatic carbocycles. The van der Waals surface area contributed by atoms with Crippen molar-refractivity contribution in [3.63, 3.8) is 0 Å². The minimum atomic E-state index is -0.0557. The predicted molar refractivity (Wildman–Crippen MR) is 128 cm³/mol. The molecule has 0 radical (unpaired) electrons. The van der Waals surface area contributed by atoms with E-state index in [4.69, 9.17) is 4.99 Å². The van der Waals surface area contributed by atoms with Gasteiger partial charge in [0.15, 0.2) is 0 Å². The van der Waals surface area contributed by atoms with Crippen molar-refractivity contribution in [1.29, 1.82) is 0 Å². The van der Waals surface area contributed by atoms with Crippen LogP contribution in [0.4, 0.5) is 5.69 Å². The standard InChI is InChI=1S/C21H16N2.3C2H6/c1-6-12-20-14-21(20,13-7-1)23-18-11-5-4-9-16(18)15-8-2-3-10-17(15)19(23)22-20;3*1-2/h2-13H,1,14H2;3*1-2H3. The van der Waals surface area contributed by atoms with Gasteiger partial charge in [0.2, 0.25) is 0 Å². The second kappa shape index (κ2) is 8.41. The molecule has 29 heavy (non-hydrogen) atoms. The molecular weight excluding hydrogens is 352 g/mol. The Morgan fingerprint density at radius 3 is 2.03 bits per heavy atom. The third-order valence-electron chi connectivity index (χ3n) is 5.74. The predicted octanol–water partition coefficient (Wildman–Crippen LogP) is 7.41. The summed E-state index contributed by atoms with van der Waals surface area (Å²) in [5, 5.41) is 0. The number of rotatable bonds is 0. The zero-order chi connectivity index (χ0) is 21.1. The molecule has 2 aliphatic carbocycles. The van der Waals surface area contributed by atoms with Gasteiger partial charge in [-0.15, -0.1) is 0 Å². The summed E-state index contributed by atoms with van der Waals surface area (Å²) in [4.78, 5) is 7.73. The first kappa shape index (κ1) is 21.1. The number of fused-ring (bicyclic) bond motifs is 6. The third kappa shape index (κ3) is 2.88. The van der Waals surface area contributed by atoms with Crippen LogP contribution in [0.3, 0.4) is 0 Å². The maximum absolute atomic E-state index is 5.23. The maximum Gasteiger partial charge on any atom is 0.137 e. The largest absolute Gasteiger partial charge is 0.313 e. The lowest BCUT2D eigenvalue weighted by Gasteiger charge is -2.36. The highest BCUT2D eigenvalue weighted by Gasteiger charge is 2.74. The van der Waals surface area contributed by atoms with Gasteiger partial charge >= 0.3 is 0 Å². The summed E-state index contributed by atoms with van der Waals surface area (Å²) in [5.41, 5.74) is 5.14. The number of amidine groups is 1. The number of para-hydroxylation sites is 1. The van der Waals surface area contributed by atoms with E-state index in [9.17, 15) is 0 Å². The Labute approximate surface area is 176 Å². The number of hydrogen-bond acceptors (Lipinski definition) is 2. The molecule has 2 atom stereocenters. The second-order valence-electron chi connectivity index (χ2n) is 6.90. The van der Waals surface area contributed by atoms with E-state index >= 15 is 0 Å². The van der Waals surface area contributed by atoms with Crippen molar-refractivity contribution in [3.05, 3.63) is 78.4 Å². The summed E-state index contributed by atoms with van der Waals surface area (Å²) >= 11 is 0. The van der Waals surface area contributed by atoms with E-state index in [1.165, 1.54) is 22.4 Å². The summed E-state index contributed by atoms with van der Waals surface area (Å²) in [6.45, 7) is 12.0. The molecular formula is C27H34N2. The molecule has 2 aliphatic heterocycles. The fourth-order valence-electron chi connectivity index (χ4n) is 4.65. The topological polar surface area (TPSA) is 15.6 Å². The van der Waals surface area contributed by atoms with Crippen molar-refractivity contribution in [3.8, 4) is 11.1 Å². The first-order valence-corrected chi connectivity index (χ1v) is 11.3. The molecule has 1 fully saturated rings. The molecule has 1 saturated carbocycles. The van der Waals surface area contributed by atoms with Crippen molar-refractivity contribution >= 4 is 11.5 Å². The zero-order valence-corrected chi connectivity index (χ0v) is 18.7. The quantitative estimate of drug-likeness (QED) is 0.430. The van der Waals surface area contributed by atoms with Crippen LogP contribution in [0.15, 0.2) is 77.8 Å². The van der Waals surface area contributed by atoms with Gasteiger partial charge in [0.05, 0.1) is 11.2 Å². The van der Waals surface area contributed by atoms with Crippen LogP contribution < -0.4 is 4.90 Å². The lowest BCUT2D eigenvalue weighted by molar-refractivity contribution is 0.749. The van der Waals surface area contributed by atoms with Crippen LogP contribution in [-0.2, 0) is 0 Å². The van der Waals surface area contributed by atoms with Crippen LogP contribution in [0.25, 0.3) is 11.1 Å². The minimum absolute atomic E-state index is 0.0129. The molecule has 2 heteroatoms. The van der Waals surface area contributed by atoms with Gasteiger partial charge in [-0.3, -0.25) is 4.99 Å². The monoisotopic (exact) mass is 386 g/mol. The van der Waals surface area contributed by atoms with E-state index < -0.39 is 0 Å². The van der Waals surface area contributed by atoms with Crippen LogP contribution in [0.1, 0.15) is 59.9 Å². The molecule has 0 bridgehead atoms. The lowest BCUT2D eigenvalue weighted by Crippen LogP contribution is -2.42. The van der Waals surface area contributed by atoms with Crippen molar-refractivity contribution < 1.29 is 0 Å². The van der Waals surface area contributed by atoms with Crippen molar-refractivity contribution in [2.75, 3.05) is 4.90 Å². The summed E-state index contributed by atoms with van der Waals surface area (Å²) in [7, 11) is 0. The summed E-state index contributed by atoms with van der Waals surface area (Å²) < 4.78 is 0. The zero-order valence-electron chi connectivity index (χ0n) is 18.7. The number of hydrogen-bond donors (Lipinski definition) is 0. The number of allylic oxidation sites excluding steroid dienone is 2. The summed E-state index contributed by atoms with van der Waals surface area (Å²) in [5.74, 6) is 1.14. The van der Waals surface area contributed by atoms with Crippen LogP contribution in [-0.4, -0.2) is 16.9 Å². The van der Waals surface area contributed by atoms with E-state index in [1.807, 2.05) is 41.5 Å². The van der Waals surface area contributed by atoms with E-state index in [2.05, 4.69) is 77.7 Å². The molecule has 2 unspecified atom stereocenters. The Bertz CT molecular complexity index is 953. The smallest absolute Gasteiger partial charge is 0.137 e. The van der Waals surface area contributed by atoms with Gasteiger partial charge in [0, 0.05) is 17.5 Å². The summed E-state index contributed by atoms with van der Waals surface area (Å²) in [6, 6.07) is 17.4.